The lowest BCUT2D eigenvalue weighted by molar-refractivity contribution is -0.138. The van der Waals surface area contributed by atoms with Crippen LogP contribution < -0.4 is 0 Å². The lowest BCUT2D eigenvalue weighted by Crippen LogP contribution is -2.30. The Labute approximate surface area is 164 Å². The summed E-state index contributed by atoms with van der Waals surface area (Å²) in [6, 6.07) is 7.54. The number of carbonyl (C=O) groups is 1. The Balaban J connectivity index is 1.31. The van der Waals surface area contributed by atoms with Crippen molar-refractivity contribution in [3.8, 4) is 0 Å². The summed E-state index contributed by atoms with van der Waals surface area (Å²) in [5.41, 5.74) is -0.167. The maximum absolute atomic E-state index is 13.4. The van der Waals surface area contributed by atoms with Crippen LogP contribution in [0, 0.1) is 11.8 Å². The number of halogens is 3. The Morgan fingerprint density at radius 1 is 1.07 bits per heavy atom. The highest BCUT2D eigenvalue weighted by molar-refractivity contribution is 5.91. The molecule has 1 aliphatic heterocycles. The van der Waals surface area contributed by atoms with Crippen LogP contribution in [0.5, 0.6) is 0 Å². The normalized spacial score (nSPS) is 24.2. The van der Waals surface area contributed by atoms with E-state index >= 15 is 0 Å². The molecule has 0 spiro atoms. The topological polar surface area (TPSA) is 63.4 Å². The van der Waals surface area contributed by atoms with E-state index in [1.165, 1.54) is 10.6 Å². The van der Waals surface area contributed by atoms with Crippen LogP contribution in [0.3, 0.4) is 0 Å². The molecule has 150 valence electrons. The minimum atomic E-state index is -4.35. The zero-order valence-electron chi connectivity index (χ0n) is 15.4. The molecule has 0 radical (unpaired) electrons. The molecule has 5 rings (SSSR count). The molecule has 1 aromatic carbocycles. The molecule has 6 nitrogen and oxygen atoms in total. The molecule has 2 aromatic heterocycles. The van der Waals surface area contributed by atoms with E-state index in [1.807, 2.05) is 0 Å². The molecule has 1 amide bonds. The third-order valence-electron chi connectivity index (χ3n) is 6.05. The van der Waals surface area contributed by atoms with Gasteiger partial charge in [-0.3, -0.25) is 4.79 Å². The van der Waals surface area contributed by atoms with Gasteiger partial charge < -0.3 is 4.90 Å². The number of hydrogen-bond donors (Lipinski definition) is 0. The molecule has 1 saturated heterocycles. The van der Waals surface area contributed by atoms with Gasteiger partial charge in [-0.2, -0.15) is 18.2 Å². The Morgan fingerprint density at radius 2 is 1.79 bits per heavy atom. The highest BCUT2D eigenvalue weighted by atomic mass is 19.4. The average Bonchev–Trinajstić information content (AvgIpc) is 3.39. The van der Waals surface area contributed by atoms with E-state index < -0.39 is 11.7 Å². The van der Waals surface area contributed by atoms with Crippen molar-refractivity contribution in [3.05, 3.63) is 59.7 Å². The number of benzene rings is 1. The quantitative estimate of drug-likeness (QED) is 0.660. The summed E-state index contributed by atoms with van der Waals surface area (Å²) >= 11 is 0. The van der Waals surface area contributed by atoms with Crippen molar-refractivity contribution in [1.29, 1.82) is 0 Å². The number of aromatic nitrogens is 4. The summed E-state index contributed by atoms with van der Waals surface area (Å²) in [6.07, 6.45) is 0.216. The summed E-state index contributed by atoms with van der Waals surface area (Å²) in [6.45, 7) is 1.05. The van der Waals surface area contributed by atoms with Crippen LogP contribution in [0.4, 0.5) is 13.2 Å². The Morgan fingerprint density at radius 3 is 2.48 bits per heavy atom. The van der Waals surface area contributed by atoms with E-state index in [0.717, 1.165) is 6.07 Å². The second kappa shape index (κ2) is 6.53. The molecule has 3 heterocycles. The standard InChI is InChI=1S/C20H18F3N5O/c21-20(22,23)16-5-2-1-4-15(16)12-8-13-10-27(11-14(13)9-12)18(29)17-25-19-24-6-3-7-28(19)26-17/h1-7,12-14H,8-11H2/t12?,13-,14+. The molecule has 0 bridgehead atoms. The summed E-state index contributed by atoms with van der Waals surface area (Å²) in [5.74, 6) is 0.470. The highest BCUT2D eigenvalue weighted by Gasteiger charge is 2.45. The highest BCUT2D eigenvalue weighted by Crippen LogP contribution is 2.48. The van der Waals surface area contributed by atoms with Crippen LogP contribution in [-0.2, 0) is 6.18 Å². The molecule has 1 aliphatic carbocycles. The fraction of sp³-hybridized carbons (Fsp3) is 0.400. The van der Waals surface area contributed by atoms with Gasteiger partial charge in [0.1, 0.15) is 0 Å². The van der Waals surface area contributed by atoms with Crippen LogP contribution in [0.1, 0.15) is 40.5 Å². The number of fused-ring (bicyclic) bond motifs is 2. The zero-order valence-corrected chi connectivity index (χ0v) is 15.4. The van der Waals surface area contributed by atoms with Gasteiger partial charge in [-0.05, 0) is 48.3 Å². The summed E-state index contributed by atoms with van der Waals surface area (Å²) in [4.78, 5) is 22.8. The minimum Gasteiger partial charge on any atom is -0.335 e. The Hall–Kier alpha value is -2.97. The second-order valence-electron chi connectivity index (χ2n) is 7.78. The molecule has 3 atom stereocenters. The maximum atomic E-state index is 13.4. The molecule has 9 heteroatoms. The molecule has 29 heavy (non-hydrogen) atoms. The smallest absolute Gasteiger partial charge is 0.335 e. The van der Waals surface area contributed by atoms with E-state index in [9.17, 15) is 18.0 Å². The van der Waals surface area contributed by atoms with Gasteiger partial charge in [0.15, 0.2) is 0 Å². The first kappa shape index (κ1) is 18.1. The van der Waals surface area contributed by atoms with Gasteiger partial charge in [-0.25, -0.2) is 9.50 Å². The van der Waals surface area contributed by atoms with E-state index in [1.54, 1.807) is 35.5 Å². The van der Waals surface area contributed by atoms with E-state index in [2.05, 4.69) is 15.1 Å². The van der Waals surface area contributed by atoms with Gasteiger partial charge in [0.2, 0.25) is 5.82 Å². The fourth-order valence-corrected chi connectivity index (χ4v) is 4.80. The van der Waals surface area contributed by atoms with Gasteiger partial charge in [-0.15, -0.1) is 5.10 Å². The molecule has 2 aliphatic rings. The third kappa shape index (κ3) is 3.14. The van der Waals surface area contributed by atoms with Crippen molar-refractivity contribution < 1.29 is 18.0 Å². The van der Waals surface area contributed by atoms with Gasteiger partial charge in [0.25, 0.3) is 11.7 Å². The fourth-order valence-electron chi connectivity index (χ4n) is 4.80. The minimum absolute atomic E-state index is 0.0997. The maximum Gasteiger partial charge on any atom is 0.416 e. The first-order valence-corrected chi connectivity index (χ1v) is 9.53. The number of hydrogen-bond acceptors (Lipinski definition) is 4. The first-order valence-electron chi connectivity index (χ1n) is 9.53. The molecule has 1 unspecified atom stereocenters. The molecular formula is C20H18F3N5O. The SMILES string of the molecule is O=C(c1nc2ncccn2n1)N1C[C@H]2CC(c3ccccc3C(F)(F)F)C[C@H]2C1. The van der Waals surface area contributed by atoms with Crippen molar-refractivity contribution in [2.45, 2.75) is 24.9 Å². The zero-order chi connectivity index (χ0) is 20.2. The van der Waals surface area contributed by atoms with Gasteiger partial charge in [-0.1, -0.05) is 18.2 Å². The predicted octanol–water partition coefficient (Wildman–Crippen LogP) is 3.41. The average molecular weight is 401 g/mol. The number of alkyl halides is 3. The van der Waals surface area contributed by atoms with E-state index in [0.29, 0.717) is 37.3 Å². The van der Waals surface area contributed by atoms with Gasteiger partial charge >= 0.3 is 6.18 Å². The Kier molecular flexibility index (Phi) is 4.07. The van der Waals surface area contributed by atoms with Gasteiger partial charge in [0.05, 0.1) is 5.56 Å². The summed E-state index contributed by atoms with van der Waals surface area (Å²) < 4.78 is 41.5. The number of carbonyl (C=O) groups excluding carboxylic acids is 1. The third-order valence-corrected chi connectivity index (χ3v) is 6.05. The van der Waals surface area contributed by atoms with Crippen LogP contribution in [0.2, 0.25) is 0 Å². The van der Waals surface area contributed by atoms with Crippen molar-refractivity contribution >= 4 is 11.7 Å². The predicted molar refractivity (Wildman–Crippen MR) is 97.1 cm³/mol. The first-order chi connectivity index (χ1) is 13.9. The second-order valence-corrected chi connectivity index (χ2v) is 7.78. The molecular weight excluding hydrogens is 383 g/mol. The molecule has 1 saturated carbocycles. The van der Waals surface area contributed by atoms with E-state index in [-0.39, 0.29) is 29.5 Å². The van der Waals surface area contributed by atoms with Crippen molar-refractivity contribution in [2.24, 2.45) is 11.8 Å². The number of likely N-dealkylation sites (tertiary alicyclic amines) is 1. The van der Waals surface area contributed by atoms with E-state index in [4.69, 9.17) is 0 Å². The van der Waals surface area contributed by atoms with Crippen molar-refractivity contribution in [3.63, 3.8) is 0 Å². The monoisotopic (exact) mass is 401 g/mol. The largest absolute Gasteiger partial charge is 0.416 e. The van der Waals surface area contributed by atoms with Gasteiger partial charge in [0, 0.05) is 25.5 Å². The lowest BCUT2D eigenvalue weighted by Gasteiger charge is -2.21. The number of nitrogens with zero attached hydrogens (tertiary/aromatic N) is 5. The van der Waals surface area contributed by atoms with Crippen molar-refractivity contribution in [1.82, 2.24) is 24.5 Å². The van der Waals surface area contributed by atoms with Crippen LogP contribution in [-0.4, -0.2) is 43.5 Å². The molecule has 3 aromatic rings. The van der Waals surface area contributed by atoms with Crippen LogP contribution >= 0.6 is 0 Å². The lowest BCUT2D eigenvalue weighted by atomic mass is 9.91. The molecule has 0 N–H and O–H groups in total. The Bertz CT molecular complexity index is 1030. The number of amides is 1. The van der Waals surface area contributed by atoms with Crippen LogP contribution in [0.15, 0.2) is 42.7 Å². The molecule has 2 fully saturated rings. The van der Waals surface area contributed by atoms with Crippen LogP contribution in [0.25, 0.3) is 5.78 Å². The summed E-state index contributed by atoms with van der Waals surface area (Å²) in [5, 5.41) is 4.18. The van der Waals surface area contributed by atoms with Crippen molar-refractivity contribution in [2.75, 3.05) is 13.1 Å². The number of rotatable bonds is 2. The summed E-state index contributed by atoms with van der Waals surface area (Å²) in [7, 11) is 0.